The molecule has 0 bridgehead atoms. The summed E-state index contributed by atoms with van der Waals surface area (Å²) in [5.74, 6) is -1.58. The first-order valence-corrected chi connectivity index (χ1v) is 11.4. The molecule has 3 amide bonds. The van der Waals surface area contributed by atoms with Crippen molar-refractivity contribution in [3.63, 3.8) is 0 Å². The normalized spacial score (nSPS) is 11.3. The SMILES string of the molecule is CCn1cc(-c2cc(Cl)cc(NC(=O)Nc3ccc(C(F)(F)F)cc3)c2F)c(-c2ccnc(C(N)=O)c2)n1. The maximum Gasteiger partial charge on any atom is 0.416 e. The Morgan fingerprint density at radius 1 is 1.05 bits per heavy atom. The van der Waals surface area contributed by atoms with Crippen LogP contribution in [0.1, 0.15) is 23.0 Å². The minimum absolute atomic E-state index is 0.00615. The molecule has 0 fully saturated rings. The minimum Gasteiger partial charge on any atom is -0.364 e. The van der Waals surface area contributed by atoms with E-state index in [9.17, 15) is 22.8 Å². The molecule has 0 aliphatic carbocycles. The second-order valence-corrected chi connectivity index (χ2v) is 8.45. The minimum atomic E-state index is -4.52. The van der Waals surface area contributed by atoms with Crippen molar-refractivity contribution in [1.29, 1.82) is 0 Å². The average molecular weight is 547 g/mol. The van der Waals surface area contributed by atoms with E-state index in [4.69, 9.17) is 17.3 Å². The fraction of sp³-hybridized carbons (Fsp3) is 0.120. The van der Waals surface area contributed by atoms with Crippen molar-refractivity contribution in [2.24, 2.45) is 5.73 Å². The number of carbonyl (C=O) groups excluding carboxylic acids is 2. The first-order valence-electron chi connectivity index (χ1n) is 11.0. The molecule has 2 heterocycles. The number of alkyl halides is 3. The Labute approximate surface area is 218 Å². The number of anilines is 2. The van der Waals surface area contributed by atoms with Gasteiger partial charge in [-0.05, 0) is 55.5 Å². The predicted molar refractivity (Wildman–Crippen MR) is 134 cm³/mol. The number of aromatic nitrogens is 3. The fourth-order valence-electron chi connectivity index (χ4n) is 3.61. The van der Waals surface area contributed by atoms with Crippen molar-refractivity contribution >= 4 is 34.9 Å². The number of urea groups is 1. The summed E-state index contributed by atoms with van der Waals surface area (Å²) in [4.78, 5) is 28.0. The summed E-state index contributed by atoms with van der Waals surface area (Å²) in [5, 5.41) is 9.23. The standard InChI is InChI=1S/C25H19ClF4N6O2/c1-2-36-12-18(22(35-36)13-7-8-32-20(9-13)23(31)37)17-10-15(26)11-19(21(17)27)34-24(38)33-16-5-3-14(4-6-16)25(28,29)30/h3-12H,2H2,1H3,(H2,31,37)(H2,33,34,38). The molecule has 0 saturated carbocycles. The van der Waals surface area contributed by atoms with Gasteiger partial charge in [0.25, 0.3) is 5.91 Å². The highest BCUT2D eigenvalue weighted by Gasteiger charge is 2.30. The summed E-state index contributed by atoms with van der Waals surface area (Å²) >= 11 is 6.24. The zero-order valence-electron chi connectivity index (χ0n) is 19.6. The number of primary amides is 1. The number of nitrogens with one attached hydrogen (secondary N) is 2. The van der Waals surface area contributed by atoms with E-state index in [1.807, 2.05) is 6.92 Å². The van der Waals surface area contributed by atoms with Gasteiger partial charge in [0.05, 0.1) is 11.3 Å². The Bertz CT molecular complexity index is 1520. The molecule has 196 valence electrons. The van der Waals surface area contributed by atoms with Crippen LogP contribution in [0.15, 0.2) is 60.9 Å². The van der Waals surface area contributed by atoms with Gasteiger partial charge >= 0.3 is 12.2 Å². The molecule has 0 saturated heterocycles. The zero-order chi connectivity index (χ0) is 27.6. The highest BCUT2D eigenvalue weighted by atomic mass is 35.5. The van der Waals surface area contributed by atoms with Gasteiger partial charge in [-0.3, -0.25) is 14.5 Å². The average Bonchev–Trinajstić information content (AvgIpc) is 3.30. The molecule has 0 radical (unpaired) electrons. The maximum atomic E-state index is 15.7. The second-order valence-electron chi connectivity index (χ2n) is 8.01. The van der Waals surface area contributed by atoms with Crippen LogP contribution in [0, 0.1) is 5.82 Å². The smallest absolute Gasteiger partial charge is 0.364 e. The number of rotatable bonds is 6. The van der Waals surface area contributed by atoms with Crippen molar-refractivity contribution in [1.82, 2.24) is 14.8 Å². The number of pyridine rings is 1. The Morgan fingerprint density at radius 3 is 2.39 bits per heavy atom. The molecule has 2 aromatic heterocycles. The van der Waals surface area contributed by atoms with Crippen LogP contribution in [0.2, 0.25) is 5.02 Å². The number of carbonyl (C=O) groups is 2. The van der Waals surface area contributed by atoms with Gasteiger partial charge in [0.15, 0.2) is 5.82 Å². The molecule has 0 spiro atoms. The number of halogens is 5. The molecule has 2 aromatic carbocycles. The van der Waals surface area contributed by atoms with Crippen LogP contribution in [-0.2, 0) is 12.7 Å². The topological polar surface area (TPSA) is 115 Å². The quantitative estimate of drug-likeness (QED) is 0.250. The van der Waals surface area contributed by atoms with Crippen LogP contribution < -0.4 is 16.4 Å². The molecule has 4 N–H and O–H groups in total. The van der Waals surface area contributed by atoms with E-state index in [1.165, 1.54) is 24.4 Å². The number of benzene rings is 2. The molecule has 4 rings (SSSR count). The van der Waals surface area contributed by atoms with Crippen molar-refractivity contribution in [2.45, 2.75) is 19.6 Å². The third-order valence-electron chi connectivity index (χ3n) is 5.42. The second kappa shape index (κ2) is 10.5. The van der Waals surface area contributed by atoms with Crippen LogP contribution in [0.5, 0.6) is 0 Å². The monoisotopic (exact) mass is 546 g/mol. The number of hydrogen-bond acceptors (Lipinski definition) is 4. The van der Waals surface area contributed by atoms with Crippen molar-refractivity contribution < 1.29 is 27.2 Å². The van der Waals surface area contributed by atoms with E-state index in [2.05, 4.69) is 20.7 Å². The lowest BCUT2D eigenvalue weighted by Crippen LogP contribution is -2.20. The number of hydrogen-bond donors (Lipinski definition) is 3. The summed E-state index contributed by atoms with van der Waals surface area (Å²) in [5.41, 5.74) is 5.33. The van der Waals surface area contributed by atoms with Gasteiger partial charge in [-0.25, -0.2) is 9.18 Å². The third-order valence-corrected chi connectivity index (χ3v) is 5.64. The van der Waals surface area contributed by atoms with Gasteiger partial charge in [-0.1, -0.05) is 11.6 Å². The predicted octanol–water partition coefficient (Wildman–Crippen LogP) is 6.19. The van der Waals surface area contributed by atoms with Crippen LogP contribution >= 0.6 is 11.6 Å². The first-order chi connectivity index (χ1) is 18.0. The summed E-state index contributed by atoms with van der Waals surface area (Å²) < 4.78 is 55.5. The maximum absolute atomic E-state index is 15.7. The van der Waals surface area contributed by atoms with Crippen molar-refractivity contribution in [2.75, 3.05) is 10.6 Å². The van der Waals surface area contributed by atoms with Crippen LogP contribution in [0.3, 0.4) is 0 Å². The molecule has 38 heavy (non-hydrogen) atoms. The molecule has 0 aliphatic rings. The van der Waals surface area contributed by atoms with Gasteiger partial charge in [0, 0.05) is 46.3 Å². The number of nitrogens with two attached hydrogens (primary N) is 1. The summed E-state index contributed by atoms with van der Waals surface area (Å²) in [6, 6.07) is 8.41. The van der Waals surface area contributed by atoms with Gasteiger partial charge in [-0.2, -0.15) is 18.3 Å². The van der Waals surface area contributed by atoms with E-state index in [0.29, 0.717) is 23.4 Å². The van der Waals surface area contributed by atoms with E-state index < -0.39 is 29.5 Å². The summed E-state index contributed by atoms with van der Waals surface area (Å²) in [6.45, 7) is 2.28. The first kappa shape index (κ1) is 26.6. The Kier molecular flexibility index (Phi) is 7.35. The lowest BCUT2D eigenvalue weighted by Gasteiger charge is -2.13. The number of amides is 3. The van der Waals surface area contributed by atoms with Crippen LogP contribution in [0.25, 0.3) is 22.4 Å². The molecular formula is C25H19ClF4N6O2. The van der Waals surface area contributed by atoms with Crippen LogP contribution in [-0.4, -0.2) is 26.7 Å². The summed E-state index contributed by atoms with van der Waals surface area (Å²) in [7, 11) is 0. The van der Waals surface area contributed by atoms with E-state index in [1.54, 1.807) is 16.9 Å². The molecule has 0 unspecified atom stereocenters. The van der Waals surface area contributed by atoms with Crippen molar-refractivity contribution in [3.8, 4) is 22.4 Å². The third kappa shape index (κ3) is 5.75. The van der Waals surface area contributed by atoms with Gasteiger partial charge in [0.1, 0.15) is 11.4 Å². The Morgan fingerprint density at radius 2 is 1.76 bits per heavy atom. The van der Waals surface area contributed by atoms with E-state index in [0.717, 1.165) is 24.3 Å². The largest absolute Gasteiger partial charge is 0.416 e. The lowest BCUT2D eigenvalue weighted by atomic mass is 10.0. The van der Waals surface area contributed by atoms with Crippen molar-refractivity contribution in [3.05, 3.63) is 83.0 Å². The molecular weight excluding hydrogens is 528 g/mol. The molecule has 0 aliphatic heterocycles. The Balaban J connectivity index is 1.67. The fourth-order valence-corrected chi connectivity index (χ4v) is 3.83. The van der Waals surface area contributed by atoms with E-state index in [-0.39, 0.29) is 27.7 Å². The molecule has 4 aromatic rings. The molecule has 0 atom stereocenters. The van der Waals surface area contributed by atoms with Gasteiger partial charge in [0.2, 0.25) is 0 Å². The number of nitrogens with zero attached hydrogens (tertiary/aromatic N) is 3. The van der Waals surface area contributed by atoms with Gasteiger partial charge in [-0.15, -0.1) is 0 Å². The Hall–Kier alpha value is -4.45. The summed E-state index contributed by atoms with van der Waals surface area (Å²) in [6.07, 6.45) is -1.57. The highest BCUT2D eigenvalue weighted by molar-refractivity contribution is 6.31. The zero-order valence-corrected chi connectivity index (χ0v) is 20.4. The molecule has 13 heteroatoms. The van der Waals surface area contributed by atoms with Crippen LogP contribution in [0.4, 0.5) is 33.7 Å². The van der Waals surface area contributed by atoms with E-state index >= 15 is 4.39 Å². The highest BCUT2D eigenvalue weighted by Crippen LogP contribution is 2.37. The molecule has 8 nitrogen and oxygen atoms in total. The number of aryl methyl sites for hydroxylation is 1. The lowest BCUT2D eigenvalue weighted by molar-refractivity contribution is -0.137. The van der Waals surface area contributed by atoms with Gasteiger partial charge < -0.3 is 16.4 Å².